The van der Waals surface area contributed by atoms with Crippen molar-refractivity contribution in [3.05, 3.63) is 60.2 Å². The van der Waals surface area contributed by atoms with E-state index in [1.807, 2.05) is 0 Å². The van der Waals surface area contributed by atoms with Gasteiger partial charge in [0.1, 0.15) is 0 Å². The van der Waals surface area contributed by atoms with Gasteiger partial charge in [-0.25, -0.2) is 0 Å². The quantitative estimate of drug-likeness (QED) is 0.874. The van der Waals surface area contributed by atoms with Gasteiger partial charge in [-0.15, -0.1) is 0 Å². The normalized spacial score (nSPS) is 9.20. The average molecular weight is 274 g/mol. The Balaban J connectivity index is 0.000000200. The van der Waals surface area contributed by atoms with Gasteiger partial charge in [0, 0.05) is 24.8 Å². The van der Waals surface area contributed by atoms with E-state index in [0.29, 0.717) is 0 Å². The van der Waals surface area contributed by atoms with E-state index in [2.05, 4.69) is 9.97 Å². The predicted octanol–water partition coefficient (Wildman–Crippen LogP) is 1.42. The predicted molar refractivity (Wildman–Crippen MR) is 71.2 cm³/mol. The van der Waals surface area contributed by atoms with Gasteiger partial charge in [0.15, 0.2) is 0 Å². The van der Waals surface area contributed by atoms with Gasteiger partial charge >= 0.3 is 11.9 Å². The van der Waals surface area contributed by atoms with Crippen LogP contribution in [0.4, 0.5) is 0 Å². The van der Waals surface area contributed by atoms with Crippen molar-refractivity contribution in [1.29, 1.82) is 0 Å². The van der Waals surface area contributed by atoms with Gasteiger partial charge < -0.3 is 10.2 Å². The summed E-state index contributed by atoms with van der Waals surface area (Å²) in [7, 11) is 0. The van der Waals surface area contributed by atoms with Crippen molar-refractivity contribution in [2.75, 3.05) is 0 Å². The molecule has 2 rings (SSSR count). The first kappa shape index (κ1) is 15.3. The number of carboxylic acid groups (broad SMARTS) is 2. The van der Waals surface area contributed by atoms with E-state index >= 15 is 0 Å². The van der Waals surface area contributed by atoms with Crippen LogP contribution in [0.5, 0.6) is 0 Å². The molecule has 2 aromatic heterocycles. The fourth-order valence-electron chi connectivity index (χ4n) is 1.35. The molecular formula is C14H14N2O4. The lowest BCUT2D eigenvalue weighted by molar-refractivity contribution is -0.137. The summed E-state index contributed by atoms with van der Waals surface area (Å²) in [5, 5.41) is 16.7. The first-order valence-corrected chi connectivity index (χ1v) is 5.79. The van der Waals surface area contributed by atoms with E-state index in [4.69, 9.17) is 10.2 Å². The van der Waals surface area contributed by atoms with Crippen LogP contribution in [0.15, 0.2) is 49.1 Å². The van der Waals surface area contributed by atoms with Crippen molar-refractivity contribution in [3.63, 3.8) is 0 Å². The summed E-state index contributed by atoms with van der Waals surface area (Å²) < 4.78 is 0. The largest absolute Gasteiger partial charge is 0.481 e. The second kappa shape index (κ2) is 8.36. The fourth-order valence-corrected chi connectivity index (χ4v) is 1.35. The molecule has 6 heteroatoms. The van der Waals surface area contributed by atoms with Gasteiger partial charge in [0.25, 0.3) is 0 Å². The highest BCUT2D eigenvalue weighted by molar-refractivity contribution is 5.70. The molecule has 20 heavy (non-hydrogen) atoms. The molecule has 0 bridgehead atoms. The number of rotatable bonds is 4. The number of nitrogens with zero attached hydrogens (tertiary/aromatic N) is 2. The Kier molecular flexibility index (Phi) is 6.40. The number of carboxylic acids is 2. The highest BCUT2D eigenvalue weighted by atomic mass is 16.4. The Morgan fingerprint density at radius 3 is 1.50 bits per heavy atom. The minimum atomic E-state index is -0.826. The zero-order valence-corrected chi connectivity index (χ0v) is 10.6. The first-order valence-electron chi connectivity index (χ1n) is 5.79. The molecule has 104 valence electrons. The number of aromatic nitrogens is 2. The third kappa shape index (κ3) is 6.85. The molecule has 2 N–H and O–H groups in total. The van der Waals surface area contributed by atoms with Crippen molar-refractivity contribution in [2.45, 2.75) is 12.8 Å². The van der Waals surface area contributed by atoms with Crippen LogP contribution >= 0.6 is 0 Å². The van der Waals surface area contributed by atoms with E-state index in [9.17, 15) is 9.59 Å². The van der Waals surface area contributed by atoms with Gasteiger partial charge in [-0.2, -0.15) is 0 Å². The summed E-state index contributed by atoms with van der Waals surface area (Å²) in [6, 6.07) is 6.92. The topological polar surface area (TPSA) is 100 Å². The van der Waals surface area contributed by atoms with Gasteiger partial charge in [0.05, 0.1) is 12.8 Å². The van der Waals surface area contributed by atoms with Crippen LogP contribution in [0.2, 0.25) is 0 Å². The molecule has 0 saturated heterocycles. The third-order valence-corrected chi connectivity index (χ3v) is 2.16. The molecule has 0 atom stereocenters. The Morgan fingerprint density at radius 2 is 1.25 bits per heavy atom. The number of hydrogen-bond donors (Lipinski definition) is 2. The second-order valence-electron chi connectivity index (χ2n) is 3.86. The lowest BCUT2D eigenvalue weighted by atomic mass is 10.2. The van der Waals surface area contributed by atoms with Crippen molar-refractivity contribution in [1.82, 2.24) is 9.97 Å². The minimum absolute atomic E-state index is 0.0494. The van der Waals surface area contributed by atoms with Crippen LogP contribution in [-0.2, 0) is 22.4 Å². The summed E-state index contributed by atoms with van der Waals surface area (Å²) in [6.45, 7) is 0. The SMILES string of the molecule is O=C(O)Cc1cccnc1.O=C(O)Cc1cccnc1. The second-order valence-corrected chi connectivity index (χ2v) is 3.86. The molecule has 2 heterocycles. The molecule has 0 unspecified atom stereocenters. The summed E-state index contributed by atoms with van der Waals surface area (Å²) in [6.07, 6.45) is 6.43. The lowest BCUT2D eigenvalue weighted by Gasteiger charge is -1.91. The van der Waals surface area contributed by atoms with Gasteiger partial charge in [0.2, 0.25) is 0 Å². The molecule has 0 spiro atoms. The van der Waals surface area contributed by atoms with Crippen LogP contribution in [0.1, 0.15) is 11.1 Å². The standard InChI is InChI=1S/2C7H7NO2/c2*9-7(10)4-6-2-1-3-8-5-6/h2*1-3,5H,4H2,(H,9,10). The van der Waals surface area contributed by atoms with E-state index in [1.165, 1.54) is 0 Å². The van der Waals surface area contributed by atoms with E-state index in [1.54, 1.807) is 49.1 Å². The molecule has 6 nitrogen and oxygen atoms in total. The van der Waals surface area contributed by atoms with Crippen LogP contribution < -0.4 is 0 Å². The molecule has 0 aliphatic carbocycles. The van der Waals surface area contributed by atoms with Crippen LogP contribution in [0.3, 0.4) is 0 Å². The van der Waals surface area contributed by atoms with Crippen molar-refractivity contribution in [3.8, 4) is 0 Å². The molecule has 2 aromatic rings. The van der Waals surface area contributed by atoms with Crippen molar-refractivity contribution < 1.29 is 19.8 Å². The monoisotopic (exact) mass is 274 g/mol. The van der Waals surface area contributed by atoms with Crippen molar-refractivity contribution >= 4 is 11.9 Å². The Hall–Kier alpha value is -2.76. The number of aliphatic carboxylic acids is 2. The fraction of sp³-hybridized carbons (Fsp3) is 0.143. The highest BCUT2D eigenvalue weighted by Gasteiger charge is 1.98. The Labute approximate surface area is 115 Å². The minimum Gasteiger partial charge on any atom is -0.481 e. The molecule has 0 amide bonds. The van der Waals surface area contributed by atoms with Gasteiger partial charge in [-0.1, -0.05) is 12.1 Å². The smallest absolute Gasteiger partial charge is 0.307 e. The molecule has 0 aromatic carbocycles. The first-order chi connectivity index (χ1) is 9.58. The van der Waals surface area contributed by atoms with E-state index in [-0.39, 0.29) is 12.8 Å². The molecule has 0 saturated carbocycles. The zero-order valence-electron chi connectivity index (χ0n) is 10.6. The molecule has 0 aliphatic rings. The number of pyridine rings is 2. The highest BCUT2D eigenvalue weighted by Crippen LogP contribution is 1.96. The molecular weight excluding hydrogens is 260 g/mol. The maximum absolute atomic E-state index is 10.1. The third-order valence-electron chi connectivity index (χ3n) is 2.16. The maximum Gasteiger partial charge on any atom is 0.307 e. The maximum atomic E-state index is 10.1. The van der Waals surface area contributed by atoms with E-state index in [0.717, 1.165) is 11.1 Å². The van der Waals surface area contributed by atoms with Gasteiger partial charge in [-0.05, 0) is 23.3 Å². The summed E-state index contributed by atoms with van der Waals surface area (Å²) in [5.74, 6) is -1.65. The van der Waals surface area contributed by atoms with Crippen LogP contribution in [0, 0.1) is 0 Å². The summed E-state index contributed by atoms with van der Waals surface area (Å²) >= 11 is 0. The van der Waals surface area contributed by atoms with Crippen molar-refractivity contribution in [2.24, 2.45) is 0 Å². The van der Waals surface area contributed by atoms with Crippen LogP contribution in [-0.4, -0.2) is 32.1 Å². The van der Waals surface area contributed by atoms with Gasteiger partial charge in [-0.3, -0.25) is 19.6 Å². The Bertz CT molecular complexity index is 492. The van der Waals surface area contributed by atoms with Crippen LogP contribution in [0.25, 0.3) is 0 Å². The average Bonchev–Trinajstić information content (AvgIpc) is 2.40. The molecule has 0 aliphatic heterocycles. The number of hydrogen-bond acceptors (Lipinski definition) is 4. The zero-order chi connectivity index (χ0) is 14.8. The Morgan fingerprint density at radius 1 is 0.850 bits per heavy atom. The lowest BCUT2D eigenvalue weighted by Crippen LogP contribution is -1.99. The number of carbonyl (C=O) groups is 2. The van der Waals surface area contributed by atoms with E-state index < -0.39 is 11.9 Å². The summed E-state index contributed by atoms with van der Waals surface area (Å²) in [4.78, 5) is 27.8. The molecule has 0 radical (unpaired) electrons. The summed E-state index contributed by atoms with van der Waals surface area (Å²) in [5.41, 5.74) is 1.46. The molecule has 0 fully saturated rings.